The minimum Gasteiger partial charge on any atom is -0.494 e. The lowest BCUT2D eigenvalue weighted by Crippen LogP contribution is -2.18. The highest BCUT2D eigenvalue weighted by Crippen LogP contribution is 2.15. The molecule has 0 atom stereocenters. The van der Waals surface area contributed by atoms with E-state index < -0.39 is 10.0 Å². The first-order valence-corrected chi connectivity index (χ1v) is 8.51. The molecule has 0 aliphatic heterocycles. The summed E-state index contributed by atoms with van der Waals surface area (Å²) in [6.45, 7) is 0.342. The average Bonchev–Trinajstić information content (AvgIpc) is 2.45. The van der Waals surface area contributed by atoms with Crippen LogP contribution in [0, 0.1) is 0 Å². The lowest BCUT2D eigenvalue weighted by atomic mass is 10.1. The maximum Gasteiger partial charge on any atom is 0.209 e. The van der Waals surface area contributed by atoms with Crippen LogP contribution in [0.2, 0.25) is 0 Å². The summed E-state index contributed by atoms with van der Waals surface area (Å²) in [6, 6.07) is 18.1. The molecule has 0 unspecified atom stereocenters. The summed E-state index contributed by atoms with van der Waals surface area (Å²) in [5.74, 6) is 0.681. The van der Waals surface area contributed by atoms with Gasteiger partial charge in [0.2, 0.25) is 10.0 Å². The second-order valence-electron chi connectivity index (χ2n) is 4.88. The number of nitrogens with two attached hydrogens (primary N) is 1. The Morgan fingerprint density at radius 3 is 2.14 bits per heavy atom. The summed E-state index contributed by atoms with van der Waals surface area (Å²) in [5.41, 5.74) is 2.47. The zero-order valence-corrected chi connectivity index (χ0v) is 12.6. The highest BCUT2D eigenvalue weighted by atomic mass is 32.2. The van der Waals surface area contributed by atoms with Gasteiger partial charge >= 0.3 is 0 Å². The molecule has 0 heterocycles. The molecule has 21 heavy (non-hydrogen) atoms. The first kappa shape index (κ1) is 15.5. The summed E-state index contributed by atoms with van der Waals surface area (Å²) < 4.78 is 27.1. The van der Waals surface area contributed by atoms with Crippen LogP contribution in [0.4, 0.5) is 0 Å². The van der Waals surface area contributed by atoms with Crippen LogP contribution < -0.4 is 9.88 Å². The molecule has 2 rings (SSSR count). The summed E-state index contributed by atoms with van der Waals surface area (Å²) >= 11 is 0. The van der Waals surface area contributed by atoms with Crippen molar-refractivity contribution in [2.75, 3.05) is 12.4 Å². The third-order valence-electron chi connectivity index (χ3n) is 3.02. The van der Waals surface area contributed by atoms with E-state index in [4.69, 9.17) is 9.88 Å². The smallest absolute Gasteiger partial charge is 0.209 e. The summed E-state index contributed by atoms with van der Waals surface area (Å²) in [6.07, 6.45) is 1.27. The Kier molecular flexibility index (Phi) is 5.36. The Morgan fingerprint density at radius 1 is 0.905 bits per heavy atom. The van der Waals surface area contributed by atoms with E-state index in [2.05, 4.69) is 12.1 Å². The molecule has 0 fully saturated rings. The fraction of sp³-hybridized carbons (Fsp3) is 0.250. The molecule has 2 N–H and O–H groups in total. The van der Waals surface area contributed by atoms with Crippen LogP contribution in [-0.4, -0.2) is 20.8 Å². The van der Waals surface area contributed by atoms with Crippen LogP contribution in [0.3, 0.4) is 0 Å². The van der Waals surface area contributed by atoms with E-state index >= 15 is 0 Å². The van der Waals surface area contributed by atoms with Crippen LogP contribution in [-0.2, 0) is 16.4 Å². The minimum absolute atomic E-state index is 0.0565. The molecule has 0 bridgehead atoms. The molecule has 112 valence electrons. The van der Waals surface area contributed by atoms with Gasteiger partial charge in [-0.2, -0.15) is 0 Å². The lowest BCUT2D eigenvalue weighted by molar-refractivity contribution is 0.317. The average molecular weight is 305 g/mol. The molecule has 0 spiro atoms. The molecule has 0 saturated heterocycles. The van der Waals surface area contributed by atoms with Crippen molar-refractivity contribution < 1.29 is 13.2 Å². The van der Waals surface area contributed by atoms with Gasteiger partial charge in [0.15, 0.2) is 0 Å². The zero-order chi connectivity index (χ0) is 15.1. The summed E-state index contributed by atoms with van der Waals surface area (Å²) in [5, 5.41) is 4.92. The number of benzene rings is 2. The molecule has 2 aromatic carbocycles. The van der Waals surface area contributed by atoms with Crippen LogP contribution in [0.5, 0.6) is 5.75 Å². The molecule has 0 saturated carbocycles. The summed E-state index contributed by atoms with van der Waals surface area (Å²) in [4.78, 5) is 0. The summed E-state index contributed by atoms with van der Waals surface area (Å²) in [7, 11) is -3.40. The molecule has 0 aliphatic carbocycles. The van der Waals surface area contributed by atoms with Gasteiger partial charge in [-0.25, -0.2) is 13.6 Å². The van der Waals surface area contributed by atoms with Gasteiger partial charge in [-0.05, 0) is 36.1 Å². The van der Waals surface area contributed by atoms with E-state index in [-0.39, 0.29) is 5.75 Å². The van der Waals surface area contributed by atoms with Crippen molar-refractivity contribution in [1.82, 2.24) is 0 Å². The Bertz CT molecular complexity index is 652. The maximum atomic E-state index is 10.8. The van der Waals surface area contributed by atoms with E-state index in [0.717, 1.165) is 12.2 Å². The highest BCUT2D eigenvalue weighted by molar-refractivity contribution is 7.89. The molecular formula is C16H19NO3S. The van der Waals surface area contributed by atoms with Gasteiger partial charge in [-0.1, -0.05) is 42.5 Å². The van der Waals surface area contributed by atoms with Crippen molar-refractivity contribution in [1.29, 1.82) is 0 Å². The van der Waals surface area contributed by atoms with Gasteiger partial charge in [-0.15, -0.1) is 0 Å². The van der Waals surface area contributed by atoms with Crippen molar-refractivity contribution in [2.45, 2.75) is 12.8 Å². The van der Waals surface area contributed by atoms with E-state index in [1.54, 1.807) is 0 Å². The van der Waals surface area contributed by atoms with Gasteiger partial charge in [0.25, 0.3) is 0 Å². The zero-order valence-electron chi connectivity index (χ0n) is 11.7. The number of rotatable bonds is 7. The first-order chi connectivity index (χ1) is 10.0. The Hall–Kier alpha value is -1.85. The van der Waals surface area contributed by atoms with Crippen molar-refractivity contribution in [3.05, 3.63) is 65.7 Å². The monoisotopic (exact) mass is 305 g/mol. The second kappa shape index (κ2) is 7.24. The van der Waals surface area contributed by atoms with Crippen molar-refractivity contribution in [3.63, 3.8) is 0 Å². The standard InChI is InChI=1S/C16H19NO3S/c17-21(18,19)12-4-11-20-16-9-7-15(8-10-16)13-14-5-2-1-3-6-14/h1-3,5-10H,4,11-13H2,(H2,17,18,19). The van der Waals surface area contributed by atoms with Crippen LogP contribution in [0.25, 0.3) is 0 Å². The van der Waals surface area contributed by atoms with E-state index in [0.29, 0.717) is 13.0 Å². The maximum absolute atomic E-state index is 10.8. The largest absolute Gasteiger partial charge is 0.494 e. The molecule has 0 aromatic heterocycles. The predicted octanol–water partition coefficient (Wildman–Crippen LogP) is 2.33. The van der Waals surface area contributed by atoms with E-state index in [1.807, 2.05) is 42.5 Å². The van der Waals surface area contributed by atoms with Gasteiger partial charge < -0.3 is 4.74 Å². The second-order valence-corrected chi connectivity index (χ2v) is 6.61. The van der Waals surface area contributed by atoms with Gasteiger partial charge in [0.1, 0.15) is 5.75 Å². The predicted molar refractivity (Wildman–Crippen MR) is 83.8 cm³/mol. The molecule has 0 radical (unpaired) electrons. The molecule has 2 aromatic rings. The third-order valence-corrected chi connectivity index (χ3v) is 3.87. The third kappa shape index (κ3) is 5.97. The van der Waals surface area contributed by atoms with Crippen LogP contribution in [0.15, 0.2) is 54.6 Å². The number of hydrogen-bond donors (Lipinski definition) is 1. The SMILES string of the molecule is NS(=O)(=O)CCCOc1ccc(Cc2ccccc2)cc1. The van der Waals surface area contributed by atoms with E-state index in [1.165, 1.54) is 11.1 Å². The fourth-order valence-electron chi connectivity index (χ4n) is 1.99. The Balaban J connectivity index is 1.82. The van der Waals surface area contributed by atoms with E-state index in [9.17, 15) is 8.42 Å². The normalized spacial score (nSPS) is 11.3. The topological polar surface area (TPSA) is 69.4 Å². The molecule has 0 aliphatic rings. The molecule has 4 nitrogen and oxygen atoms in total. The number of primary sulfonamides is 1. The van der Waals surface area contributed by atoms with Crippen molar-refractivity contribution in [3.8, 4) is 5.75 Å². The first-order valence-electron chi connectivity index (χ1n) is 6.79. The Morgan fingerprint density at radius 2 is 1.52 bits per heavy atom. The quantitative estimate of drug-likeness (QED) is 0.798. The number of ether oxygens (including phenoxy) is 1. The van der Waals surface area contributed by atoms with Gasteiger partial charge in [0, 0.05) is 0 Å². The van der Waals surface area contributed by atoms with Gasteiger partial charge in [-0.3, -0.25) is 0 Å². The molecule has 5 heteroatoms. The molecule has 0 amide bonds. The van der Waals surface area contributed by atoms with Crippen LogP contribution >= 0.6 is 0 Å². The fourth-order valence-corrected chi connectivity index (χ4v) is 2.51. The minimum atomic E-state index is -3.40. The Labute approximate surface area is 125 Å². The van der Waals surface area contributed by atoms with Crippen molar-refractivity contribution >= 4 is 10.0 Å². The van der Waals surface area contributed by atoms with Gasteiger partial charge in [0.05, 0.1) is 12.4 Å². The number of sulfonamides is 1. The lowest BCUT2D eigenvalue weighted by Gasteiger charge is -2.07. The molecular weight excluding hydrogens is 286 g/mol. The highest BCUT2D eigenvalue weighted by Gasteiger charge is 2.02. The van der Waals surface area contributed by atoms with Crippen molar-refractivity contribution in [2.24, 2.45) is 5.14 Å². The van der Waals surface area contributed by atoms with Crippen LogP contribution in [0.1, 0.15) is 17.5 Å². The number of hydrogen-bond acceptors (Lipinski definition) is 3.